The van der Waals surface area contributed by atoms with Crippen LogP contribution in [-0.2, 0) is 4.74 Å². The summed E-state index contributed by atoms with van der Waals surface area (Å²) in [6, 6.07) is 12.6. The minimum Gasteiger partial charge on any atom is -0.462 e. The molecule has 0 bridgehead atoms. The lowest BCUT2D eigenvalue weighted by Crippen LogP contribution is -2.28. The Kier molecular flexibility index (Phi) is 7.20. The van der Waals surface area contributed by atoms with E-state index in [1.165, 1.54) is 35.6 Å². The summed E-state index contributed by atoms with van der Waals surface area (Å²) >= 11 is 1.21. The topological polar surface area (TPSA) is 141 Å². The van der Waals surface area contributed by atoms with Crippen LogP contribution in [0.25, 0.3) is 6.08 Å². The third-order valence-electron chi connectivity index (χ3n) is 6.83. The number of nitro benzene ring substituents is 2. The first-order chi connectivity index (χ1) is 18.8. The van der Waals surface area contributed by atoms with Crippen molar-refractivity contribution in [1.29, 1.82) is 0 Å². The van der Waals surface area contributed by atoms with Gasteiger partial charge in [-0.3, -0.25) is 20.2 Å². The Balaban J connectivity index is 1.57. The van der Waals surface area contributed by atoms with Gasteiger partial charge in [0.05, 0.1) is 33.9 Å². The van der Waals surface area contributed by atoms with Gasteiger partial charge in [-0.25, -0.2) is 14.8 Å². The van der Waals surface area contributed by atoms with Gasteiger partial charge in [0.2, 0.25) is 5.13 Å². The molecule has 1 aromatic heterocycles. The number of hydrogen-bond acceptors (Lipinski definition) is 10. The molecule has 12 heteroatoms. The Labute approximate surface area is 227 Å². The van der Waals surface area contributed by atoms with Crippen molar-refractivity contribution in [3.8, 4) is 0 Å². The van der Waals surface area contributed by atoms with Crippen molar-refractivity contribution in [2.45, 2.75) is 39.2 Å². The molecule has 200 valence electrons. The molecule has 0 radical (unpaired) electrons. The Morgan fingerprint density at radius 3 is 2.36 bits per heavy atom. The lowest BCUT2D eigenvalue weighted by molar-refractivity contribution is -0.385. The van der Waals surface area contributed by atoms with Gasteiger partial charge in [0.15, 0.2) is 0 Å². The zero-order valence-electron chi connectivity index (χ0n) is 21.3. The van der Waals surface area contributed by atoms with E-state index in [1.807, 2.05) is 11.1 Å². The van der Waals surface area contributed by atoms with Gasteiger partial charge in [0, 0.05) is 30.2 Å². The van der Waals surface area contributed by atoms with E-state index in [0.29, 0.717) is 15.7 Å². The summed E-state index contributed by atoms with van der Waals surface area (Å²) in [4.78, 5) is 39.0. The highest BCUT2D eigenvalue weighted by atomic mass is 32.1. The number of non-ortho nitro benzene ring substituents is 2. The van der Waals surface area contributed by atoms with E-state index >= 15 is 0 Å². The van der Waals surface area contributed by atoms with Crippen LogP contribution in [0, 0.1) is 33.1 Å². The fourth-order valence-electron chi connectivity index (χ4n) is 5.04. The smallest absolute Gasteiger partial charge is 0.350 e. The zero-order chi connectivity index (χ0) is 27.7. The standard InChI is InChI=1S/C27H25N5O6S/c1-3-38-26(33)25-16(2)28-27(39-25)30-24(18-9-13-21(14-10-18)32(36)37)22-6-4-5-19(23(22)29-30)15-17-7-11-20(12-8-17)31(34)35/h7-15,22,24H,3-6H2,1-2H3. The van der Waals surface area contributed by atoms with Gasteiger partial charge in [-0.15, -0.1) is 0 Å². The summed E-state index contributed by atoms with van der Waals surface area (Å²) in [5.74, 6) is -0.451. The number of esters is 1. The first-order valence-electron chi connectivity index (χ1n) is 12.5. The number of nitro groups is 2. The van der Waals surface area contributed by atoms with Crippen LogP contribution >= 0.6 is 11.3 Å². The van der Waals surface area contributed by atoms with E-state index < -0.39 is 15.8 Å². The molecular weight excluding hydrogens is 522 g/mol. The Bertz CT molecular complexity index is 1500. The monoisotopic (exact) mass is 547 g/mol. The van der Waals surface area contributed by atoms with Gasteiger partial charge in [-0.1, -0.05) is 23.5 Å². The highest BCUT2D eigenvalue weighted by molar-refractivity contribution is 7.17. The van der Waals surface area contributed by atoms with Gasteiger partial charge < -0.3 is 4.74 Å². The van der Waals surface area contributed by atoms with Crippen LogP contribution < -0.4 is 5.01 Å². The number of hydrogen-bond donors (Lipinski definition) is 0. The number of ether oxygens (including phenoxy) is 1. The minimum atomic E-state index is -0.436. The van der Waals surface area contributed by atoms with Crippen molar-refractivity contribution in [1.82, 2.24) is 4.98 Å². The number of aromatic nitrogens is 1. The lowest BCUT2D eigenvalue weighted by Gasteiger charge is -2.29. The van der Waals surface area contributed by atoms with Crippen LogP contribution in [0.2, 0.25) is 0 Å². The molecule has 1 fully saturated rings. The van der Waals surface area contributed by atoms with E-state index in [4.69, 9.17) is 9.84 Å². The fraction of sp³-hybridized carbons (Fsp3) is 0.296. The molecule has 2 atom stereocenters. The fourth-order valence-corrected chi connectivity index (χ4v) is 5.99. The number of aryl methyl sites for hydroxylation is 1. The number of nitrogens with zero attached hydrogens (tertiary/aromatic N) is 5. The number of thiazole rings is 1. The Morgan fingerprint density at radius 1 is 1.10 bits per heavy atom. The van der Waals surface area contributed by atoms with Crippen LogP contribution in [0.4, 0.5) is 16.5 Å². The number of allylic oxidation sites excluding steroid dienone is 1. The molecule has 2 unspecified atom stereocenters. The molecule has 0 saturated heterocycles. The summed E-state index contributed by atoms with van der Waals surface area (Å²) in [6.45, 7) is 3.75. The van der Waals surface area contributed by atoms with Crippen molar-refractivity contribution >= 4 is 45.6 Å². The van der Waals surface area contributed by atoms with Crippen molar-refractivity contribution in [3.05, 3.63) is 96.0 Å². The van der Waals surface area contributed by atoms with Crippen molar-refractivity contribution < 1.29 is 19.4 Å². The third-order valence-corrected chi connectivity index (χ3v) is 7.96. The first kappa shape index (κ1) is 26.2. The summed E-state index contributed by atoms with van der Waals surface area (Å²) in [5, 5.41) is 29.7. The Morgan fingerprint density at radius 2 is 1.74 bits per heavy atom. The Hall–Kier alpha value is -4.45. The van der Waals surface area contributed by atoms with Crippen LogP contribution in [0.3, 0.4) is 0 Å². The summed E-state index contributed by atoms with van der Waals surface area (Å²) in [7, 11) is 0. The van der Waals surface area contributed by atoms with E-state index in [2.05, 4.69) is 4.98 Å². The predicted molar refractivity (Wildman–Crippen MR) is 147 cm³/mol. The van der Waals surface area contributed by atoms with Crippen molar-refractivity contribution in [3.63, 3.8) is 0 Å². The molecular formula is C27H25N5O6S. The van der Waals surface area contributed by atoms with Gasteiger partial charge in [-0.2, -0.15) is 5.10 Å². The van der Waals surface area contributed by atoms with Gasteiger partial charge in [-0.05, 0) is 68.0 Å². The van der Waals surface area contributed by atoms with E-state index in [9.17, 15) is 25.0 Å². The molecule has 0 amide bonds. The van der Waals surface area contributed by atoms with Gasteiger partial charge >= 0.3 is 5.97 Å². The maximum atomic E-state index is 12.5. The normalized spacial score (nSPS) is 19.5. The van der Waals surface area contributed by atoms with Gasteiger partial charge in [0.25, 0.3) is 11.4 Å². The minimum absolute atomic E-state index is 0.00142. The summed E-state index contributed by atoms with van der Waals surface area (Å²) in [6.07, 6.45) is 4.55. The second-order valence-electron chi connectivity index (χ2n) is 9.27. The number of carbonyl (C=O) groups is 1. The molecule has 1 saturated carbocycles. The number of fused-ring (bicyclic) bond motifs is 1. The molecule has 2 heterocycles. The number of benzene rings is 2. The molecule has 1 aliphatic heterocycles. The molecule has 11 nitrogen and oxygen atoms in total. The molecule has 3 aromatic rings. The predicted octanol–water partition coefficient (Wildman–Crippen LogP) is 6.25. The quantitative estimate of drug-likeness (QED) is 0.192. The van der Waals surface area contributed by atoms with Crippen LogP contribution in [0.5, 0.6) is 0 Å². The zero-order valence-corrected chi connectivity index (χ0v) is 22.1. The number of anilines is 1. The van der Waals surface area contributed by atoms with E-state index in [-0.39, 0.29) is 29.9 Å². The average Bonchev–Trinajstić information content (AvgIpc) is 3.50. The summed E-state index contributed by atoms with van der Waals surface area (Å²) in [5.41, 5.74) is 4.17. The molecule has 5 rings (SSSR count). The number of rotatable bonds is 7. The molecule has 1 aliphatic carbocycles. The molecule has 0 N–H and O–H groups in total. The van der Waals surface area contributed by atoms with E-state index in [0.717, 1.165) is 41.7 Å². The van der Waals surface area contributed by atoms with Gasteiger partial charge in [0.1, 0.15) is 4.88 Å². The number of carbonyl (C=O) groups excluding carboxylic acids is 1. The average molecular weight is 548 g/mol. The van der Waals surface area contributed by atoms with Crippen LogP contribution in [-0.4, -0.2) is 33.1 Å². The molecule has 2 aliphatic rings. The first-order valence-corrected chi connectivity index (χ1v) is 13.3. The van der Waals surface area contributed by atoms with E-state index in [1.54, 1.807) is 38.1 Å². The summed E-state index contributed by atoms with van der Waals surface area (Å²) < 4.78 is 5.20. The van der Waals surface area contributed by atoms with Crippen molar-refractivity contribution in [2.24, 2.45) is 11.0 Å². The van der Waals surface area contributed by atoms with Crippen LogP contribution in [0.1, 0.15) is 58.7 Å². The number of hydrazone groups is 1. The third kappa shape index (κ3) is 5.15. The SMILES string of the molecule is CCOC(=O)c1sc(N2N=C3C(=Cc4ccc([N+](=O)[O-])cc4)CCCC3C2c2ccc([N+](=O)[O-])cc2)nc1C. The lowest BCUT2D eigenvalue weighted by atomic mass is 9.77. The molecule has 2 aromatic carbocycles. The molecule has 0 spiro atoms. The van der Waals surface area contributed by atoms with Crippen LogP contribution in [0.15, 0.2) is 59.2 Å². The maximum absolute atomic E-state index is 12.5. The second kappa shape index (κ2) is 10.7. The highest BCUT2D eigenvalue weighted by Gasteiger charge is 2.43. The largest absolute Gasteiger partial charge is 0.462 e. The molecule has 39 heavy (non-hydrogen) atoms. The highest BCUT2D eigenvalue weighted by Crippen LogP contribution is 2.47. The maximum Gasteiger partial charge on any atom is 0.350 e. The van der Waals surface area contributed by atoms with Crippen molar-refractivity contribution in [2.75, 3.05) is 11.6 Å². The second-order valence-corrected chi connectivity index (χ2v) is 10.2.